The first kappa shape index (κ1) is 20.1. The summed E-state index contributed by atoms with van der Waals surface area (Å²) in [6, 6.07) is 11.8. The molecular formula is C21H19F2N3O3. The Morgan fingerprint density at radius 1 is 1.03 bits per heavy atom. The molecule has 150 valence electrons. The molecule has 0 aliphatic rings. The maximum Gasteiger partial charge on any atom is 0.253 e. The summed E-state index contributed by atoms with van der Waals surface area (Å²) in [5.41, 5.74) is 0.776. The number of ether oxygens (including phenoxy) is 2. The Labute approximate surface area is 166 Å². The third-order valence-corrected chi connectivity index (χ3v) is 3.93. The molecule has 0 fully saturated rings. The van der Waals surface area contributed by atoms with Crippen molar-refractivity contribution < 1.29 is 23.0 Å². The van der Waals surface area contributed by atoms with Crippen LogP contribution in [-0.2, 0) is 0 Å². The van der Waals surface area contributed by atoms with E-state index in [1.165, 1.54) is 24.5 Å². The van der Waals surface area contributed by atoms with Gasteiger partial charge >= 0.3 is 0 Å². The second-order valence-electron chi connectivity index (χ2n) is 5.99. The van der Waals surface area contributed by atoms with E-state index in [4.69, 9.17) is 9.47 Å². The van der Waals surface area contributed by atoms with E-state index in [1.54, 1.807) is 31.4 Å². The average Bonchev–Trinajstić information content (AvgIpc) is 2.74. The molecule has 1 amide bonds. The van der Waals surface area contributed by atoms with Gasteiger partial charge in [0.1, 0.15) is 29.7 Å². The fourth-order valence-electron chi connectivity index (χ4n) is 2.49. The molecule has 2 aromatic carbocycles. The SMILES string of the molecule is COc1ccc(OCCNC(=O)c2cncc(Nc3ccc(F)cc3F)c2)cc1. The molecule has 3 aromatic rings. The number of aromatic nitrogens is 1. The van der Waals surface area contributed by atoms with Crippen LogP contribution < -0.4 is 20.1 Å². The van der Waals surface area contributed by atoms with E-state index in [0.717, 1.165) is 17.9 Å². The first-order valence-corrected chi connectivity index (χ1v) is 8.77. The van der Waals surface area contributed by atoms with Crippen LogP contribution in [0.5, 0.6) is 11.5 Å². The standard InChI is InChI=1S/C21H19F2N3O3/c1-28-17-3-5-18(6-4-17)29-9-8-25-21(27)14-10-16(13-24-12-14)26-20-7-2-15(22)11-19(20)23/h2-7,10-13,26H,8-9H2,1H3,(H,25,27). The third-order valence-electron chi connectivity index (χ3n) is 3.93. The molecule has 3 rings (SSSR count). The topological polar surface area (TPSA) is 72.5 Å². The first-order chi connectivity index (χ1) is 14.0. The number of methoxy groups -OCH3 is 1. The van der Waals surface area contributed by atoms with Crippen LogP contribution in [0.25, 0.3) is 0 Å². The Morgan fingerprint density at radius 3 is 2.52 bits per heavy atom. The van der Waals surface area contributed by atoms with Crippen molar-refractivity contribution in [2.75, 3.05) is 25.6 Å². The molecule has 8 heteroatoms. The number of amides is 1. The van der Waals surface area contributed by atoms with Gasteiger partial charge in [-0.15, -0.1) is 0 Å². The predicted octanol–water partition coefficient (Wildman–Crippen LogP) is 3.92. The second-order valence-corrected chi connectivity index (χ2v) is 5.99. The molecule has 0 unspecified atom stereocenters. The summed E-state index contributed by atoms with van der Waals surface area (Å²) in [5.74, 6) is -0.368. The molecule has 0 radical (unpaired) electrons. The monoisotopic (exact) mass is 399 g/mol. The van der Waals surface area contributed by atoms with Crippen LogP contribution in [0.15, 0.2) is 60.9 Å². The molecule has 0 saturated carbocycles. The van der Waals surface area contributed by atoms with Crippen LogP contribution >= 0.6 is 0 Å². The number of benzene rings is 2. The normalized spacial score (nSPS) is 10.3. The van der Waals surface area contributed by atoms with E-state index < -0.39 is 11.6 Å². The maximum atomic E-state index is 13.8. The van der Waals surface area contributed by atoms with Gasteiger partial charge in [0.15, 0.2) is 0 Å². The molecule has 0 atom stereocenters. The summed E-state index contributed by atoms with van der Waals surface area (Å²) in [5, 5.41) is 5.50. The van der Waals surface area contributed by atoms with Crippen LogP contribution in [0, 0.1) is 11.6 Å². The summed E-state index contributed by atoms with van der Waals surface area (Å²) in [4.78, 5) is 16.3. The highest BCUT2D eigenvalue weighted by Gasteiger charge is 2.09. The number of nitrogens with zero attached hydrogens (tertiary/aromatic N) is 1. The van der Waals surface area contributed by atoms with Crippen molar-refractivity contribution >= 4 is 17.3 Å². The number of halogens is 2. The molecule has 0 saturated heterocycles. The smallest absolute Gasteiger partial charge is 0.253 e. The van der Waals surface area contributed by atoms with Gasteiger partial charge in [0.25, 0.3) is 5.91 Å². The number of hydrogen-bond donors (Lipinski definition) is 2. The lowest BCUT2D eigenvalue weighted by Crippen LogP contribution is -2.28. The van der Waals surface area contributed by atoms with Crippen LogP contribution in [0.2, 0.25) is 0 Å². The van der Waals surface area contributed by atoms with Gasteiger partial charge in [-0.1, -0.05) is 0 Å². The van der Waals surface area contributed by atoms with Gasteiger partial charge in [-0.05, 0) is 42.5 Å². The highest BCUT2D eigenvalue weighted by Crippen LogP contribution is 2.21. The van der Waals surface area contributed by atoms with E-state index in [0.29, 0.717) is 17.0 Å². The molecule has 1 aromatic heterocycles. The molecule has 29 heavy (non-hydrogen) atoms. The zero-order chi connectivity index (χ0) is 20.6. The van der Waals surface area contributed by atoms with Crippen molar-refractivity contribution in [1.29, 1.82) is 0 Å². The van der Waals surface area contributed by atoms with Crippen LogP contribution in [0.1, 0.15) is 10.4 Å². The van der Waals surface area contributed by atoms with Crippen LogP contribution in [0.4, 0.5) is 20.2 Å². The zero-order valence-corrected chi connectivity index (χ0v) is 15.6. The zero-order valence-electron chi connectivity index (χ0n) is 15.6. The van der Waals surface area contributed by atoms with E-state index in [2.05, 4.69) is 15.6 Å². The minimum Gasteiger partial charge on any atom is -0.497 e. The lowest BCUT2D eigenvalue weighted by molar-refractivity contribution is 0.0946. The van der Waals surface area contributed by atoms with Crippen molar-refractivity contribution in [3.63, 3.8) is 0 Å². The molecular weight excluding hydrogens is 380 g/mol. The molecule has 0 aliphatic heterocycles. The molecule has 0 spiro atoms. The number of nitrogens with one attached hydrogen (secondary N) is 2. The summed E-state index contributed by atoms with van der Waals surface area (Å²) < 4.78 is 37.4. The lowest BCUT2D eigenvalue weighted by Gasteiger charge is -2.10. The fraction of sp³-hybridized carbons (Fsp3) is 0.143. The second kappa shape index (κ2) is 9.50. The molecule has 2 N–H and O–H groups in total. The van der Waals surface area contributed by atoms with Crippen molar-refractivity contribution in [1.82, 2.24) is 10.3 Å². The summed E-state index contributed by atoms with van der Waals surface area (Å²) >= 11 is 0. The van der Waals surface area contributed by atoms with Crippen molar-refractivity contribution in [3.05, 3.63) is 78.1 Å². The number of carbonyl (C=O) groups is 1. The Kier molecular flexibility index (Phi) is 6.57. The summed E-state index contributed by atoms with van der Waals surface area (Å²) in [6.07, 6.45) is 2.83. The highest BCUT2D eigenvalue weighted by atomic mass is 19.1. The molecule has 0 bridgehead atoms. The van der Waals surface area contributed by atoms with Crippen LogP contribution in [-0.4, -0.2) is 31.2 Å². The maximum absolute atomic E-state index is 13.8. The number of anilines is 2. The Bertz CT molecular complexity index is 981. The van der Waals surface area contributed by atoms with E-state index in [9.17, 15) is 13.6 Å². The minimum atomic E-state index is -0.740. The number of hydrogen-bond acceptors (Lipinski definition) is 5. The van der Waals surface area contributed by atoms with Gasteiger partial charge in [-0.3, -0.25) is 9.78 Å². The number of carbonyl (C=O) groups excluding carboxylic acids is 1. The van der Waals surface area contributed by atoms with Gasteiger partial charge in [-0.2, -0.15) is 0 Å². The summed E-state index contributed by atoms with van der Waals surface area (Å²) in [6.45, 7) is 0.569. The third kappa shape index (κ3) is 5.65. The molecule has 1 heterocycles. The Morgan fingerprint density at radius 2 is 1.79 bits per heavy atom. The number of rotatable bonds is 8. The van der Waals surface area contributed by atoms with Crippen molar-refractivity contribution in [2.24, 2.45) is 0 Å². The quantitative estimate of drug-likeness (QED) is 0.562. The van der Waals surface area contributed by atoms with Crippen molar-refractivity contribution in [3.8, 4) is 11.5 Å². The van der Waals surface area contributed by atoms with Gasteiger partial charge in [0, 0.05) is 12.3 Å². The van der Waals surface area contributed by atoms with E-state index >= 15 is 0 Å². The number of pyridine rings is 1. The molecule has 6 nitrogen and oxygen atoms in total. The predicted molar refractivity (Wildman–Crippen MR) is 105 cm³/mol. The largest absolute Gasteiger partial charge is 0.497 e. The average molecular weight is 399 g/mol. The Hall–Kier alpha value is -3.68. The van der Waals surface area contributed by atoms with Crippen molar-refractivity contribution in [2.45, 2.75) is 0 Å². The summed E-state index contributed by atoms with van der Waals surface area (Å²) in [7, 11) is 1.58. The first-order valence-electron chi connectivity index (χ1n) is 8.77. The van der Waals surface area contributed by atoms with Gasteiger partial charge in [-0.25, -0.2) is 8.78 Å². The fourth-order valence-corrected chi connectivity index (χ4v) is 2.49. The van der Waals surface area contributed by atoms with Gasteiger partial charge in [0.2, 0.25) is 0 Å². The van der Waals surface area contributed by atoms with Gasteiger partial charge < -0.3 is 20.1 Å². The minimum absolute atomic E-state index is 0.0821. The van der Waals surface area contributed by atoms with Crippen LogP contribution in [0.3, 0.4) is 0 Å². The lowest BCUT2D eigenvalue weighted by atomic mass is 10.2. The molecule has 0 aliphatic carbocycles. The van der Waals surface area contributed by atoms with E-state index in [1.807, 2.05) is 0 Å². The Balaban J connectivity index is 1.52. The van der Waals surface area contributed by atoms with E-state index in [-0.39, 0.29) is 24.7 Å². The van der Waals surface area contributed by atoms with Gasteiger partial charge in [0.05, 0.1) is 36.8 Å². The highest BCUT2D eigenvalue weighted by molar-refractivity contribution is 5.94.